The molecule has 3 heteroatoms. The summed E-state index contributed by atoms with van der Waals surface area (Å²) in [4.78, 5) is 10.8. The highest BCUT2D eigenvalue weighted by Gasteiger charge is 2.43. The zero-order chi connectivity index (χ0) is 7.61. The Kier molecular flexibility index (Phi) is 1.94. The van der Waals surface area contributed by atoms with Crippen molar-refractivity contribution in [1.29, 1.82) is 0 Å². The molecule has 10 heavy (non-hydrogen) atoms. The van der Waals surface area contributed by atoms with Crippen LogP contribution in [0.3, 0.4) is 0 Å². The third-order valence-electron chi connectivity index (χ3n) is 2.03. The van der Waals surface area contributed by atoms with Crippen molar-refractivity contribution in [1.82, 2.24) is 0 Å². The van der Waals surface area contributed by atoms with Crippen LogP contribution in [0.1, 0.15) is 26.2 Å². The van der Waals surface area contributed by atoms with Gasteiger partial charge in [0.25, 0.3) is 0 Å². The van der Waals surface area contributed by atoms with Gasteiger partial charge in [0.1, 0.15) is 5.60 Å². The zero-order valence-corrected chi connectivity index (χ0v) is 6.22. The Balaban J connectivity index is 2.50. The summed E-state index contributed by atoms with van der Waals surface area (Å²) in [6.45, 7) is 2.45. The molecule has 2 N–H and O–H groups in total. The molecule has 0 radical (unpaired) electrons. The molecule has 1 aliphatic rings. The summed E-state index contributed by atoms with van der Waals surface area (Å²) in [6, 6.07) is 0. The lowest BCUT2D eigenvalue weighted by molar-refractivity contribution is -0.155. The normalized spacial score (nSPS) is 21.7. The first-order valence-electron chi connectivity index (χ1n) is 3.65. The lowest BCUT2D eigenvalue weighted by Crippen LogP contribution is -2.51. The number of primary amides is 1. The van der Waals surface area contributed by atoms with E-state index in [-0.39, 0.29) is 5.91 Å². The van der Waals surface area contributed by atoms with Gasteiger partial charge in [-0.05, 0) is 26.2 Å². The van der Waals surface area contributed by atoms with E-state index in [1.807, 2.05) is 6.92 Å². The molecular weight excluding hydrogens is 130 g/mol. The van der Waals surface area contributed by atoms with Gasteiger partial charge in [-0.15, -0.1) is 0 Å². The molecule has 1 fully saturated rings. The minimum absolute atomic E-state index is 0.305. The van der Waals surface area contributed by atoms with Crippen LogP contribution in [0.5, 0.6) is 0 Å². The van der Waals surface area contributed by atoms with Crippen LogP contribution < -0.4 is 5.73 Å². The van der Waals surface area contributed by atoms with Gasteiger partial charge in [-0.1, -0.05) is 0 Å². The molecule has 0 spiro atoms. The molecule has 0 heterocycles. The number of carbonyl (C=O) groups excluding carboxylic acids is 1. The third-order valence-corrected chi connectivity index (χ3v) is 2.03. The van der Waals surface area contributed by atoms with Gasteiger partial charge in [-0.25, -0.2) is 0 Å². The summed E-state index contributed by atoms with van der Waals surface area (Å²) < 4.78 is 5.25. The van der Waals surface area contributed by atoms with Crippen molar-refractivity contribution in [2.45, 2.75) is 31.8 Å². The smallest absolute Gasteiger partial charge is 0.249 e. The van der Waals surface area contributed by atoms with Gasteiger partial charge < -0.3 is 10.5 Å². The maximum atomic E-state index is 10.8. The molecule has 3 nitrogen and oxygen atoms in total. The van der Waals surface area contributed by atoms with Gasteiger partial charge in [-0.3, -0.25) is 4.79 Å². The number of rotatable bonds is 3. The van der Waals surface area contributed by atoms with Gasteiger partial charge in [0.05, 0.1) is 0 Å². The number of amides is 1. The van der Waals surface area contributed by atoms with Gasteiger partial charge in [0.15, 0.2) is 0 Å². The molecule has 0 aliphatic heterocycles. The first kappa shape index (κ1) is 7.54. The van der Waals surface area contributed by atoms with Gasteiger partial charge in [0.2, 0.25) is 5.91 Å². The fraction of sp³-hybridized carbons (Fsp3) is 0.857. The summed E-state index contributed by atoms with van der Waals surface area (Å²) >= 11 is 0. The van der Waals surface area contributed by atoms with Crippen molar-refractivity contribution in [3.05, 3.63) is 0 Å². The Morgan fingerprint density at radius 3 is 2.40 bits per heavy atom. The van der Waals surface area contributed by atoms with E-state index in [0.717, 1.165) is 19.3 Å². The van der Waals surface area contributed by atoms with E-state index in [1.54, 1.807) is 0 Å². The number of hydrogen-bond donors (Lipinski definition) is 1. The van der Waals surface area contributed by atoms with Crippen LogP contribution in [0, 0.1) is 0 Å². The van der Waals surface area contributed by atoms with E-state index in [1.165, 1.54) is 0 Å². The lowest BCUT2D eigenvalue weighted by Gasteiger charge is -2.37. The number of ether oxygens (including phenoxy) is 1. The number of carbonyl (C=O) groups is 1. The minimum Gasteiger partial charge on any atom is -0.367 e. The van der Waals surface area contributed by atoms with Crippen molar-refractivity contribution in [3.63, 3.8) is 0 Å². The first-order valence-corrected chi connectivity index (χ1v) is 3.65. The highest BCUT2D eigenvalue weighted by molar-refractivity contribution is 5.84. The number of hydrogen-bond acceptors (Lipinski definition) is 2. The van der Waals surface area contributed by atoms with E-state index < -0.39 is 5.60 Å². The average molecular weight is 143 g/mol. The molecule has 1 rings (SSSR count). The van der Waals surface area contributed by atoms with Crippen LogP contribution in [0.15, 0.2) is 0 Å². The quantitative estimate of drug-likeness (QED) is 0.623. The van der Waals surface area contributed by atoms with Crippen LogP contribution in [-0.4, -0.2) is 18.1 Å². The van der Waals surface area contributed by atoms with Crippen molar-refractivity contribution in [3.8, 4) is 0 Å². The first-order chi connectivity index (χ1) is 4.71. The second-order valence-electron chi connectivity index (χ2n) is 2.65. The molecule has 0 saturated heterocycles. The molecule has 0 unspecified atom stereocenters. The van der Waals surface area contributed by atoms with E-state index >= 15 is 0 Å². The Hall–Kier alpha value is -0.570. The minimum atomic E-state index is -0.589. The van der Waals surface area contributed by atoms with E-state index in [0.29, 0.717) is 6.61 Å². The molecule has 0 atom stereocenters. The molecule has 0 aromatic carbocycles. The van der Waals surface area contributed by atoms with Crippen LogP contribution >= 0.6 is 0 Å². The molecule has 1 saturated carbocycles. The summed E-state index contributed by atoms with van der Waals surface area (Å²) in [5.74, 6) is -0.305. The van der Waals surface area contributed by atoms with Crippen LogP contribution in [0.25, 0.3) is 0 Å². The van der Waals surface area contributed by atoms with Crippen LogP contribution in [-0.2, 0) is 9.53 Å². The Morgan fingerprint density at radius 1 is 1.70 bits per heavy atom. The molecule has 0 bridgehead atoms. The fourth-order valence-electron chi connectivity index (χ4n) is 1.24. The number of nitrogens with two attached hydrogens (primary N) is 1. The predicted octanol–water partition coefficient (Wildman–Crippen LogP) is 0.431. The maximum Gasteiger partial charge on any atom is 0.249 e. The summed E-state index contributed by atoms with van der Waals surface area (Å²) in [5.41, 5.74) is 4.57. The Labute approximate surface area is 60.5 Å². The predicted molar refractivity (Wildman–Crippen MR) is 37.4 cm³/mol. The van der Waals surface area contributed by atoms with Crippen LogP contribution in [0.2, 0.25) is 0 Å². The van der Waals surface area contributed by atoms with Crippen molar-refractivity contribution in [2.24, 2.45) is 5.73 Å². The molecule has 1 aliphatic carbocycles. The second kappa shape index (κ2) is 2.58. The maximum absolute atomic E-state index is 10.8. The fourth-order valence-corrected chi connectivity index (χ4v) is 1.24. The second-order valence-corrected chi connectivity index (χ2v) is 2.65. The standard InChI is InChI=1S/C7H13NO2/c1-2-10-7(6(8)9)4-3-5-7/h2-5H2,1H3,(H2,8,9). The van der Waals surface area contributed by atoms with Gasteiger partial charge in [0, 0.05) is 6.61 Å². The van der Waals surface area contributed by atoms with Gasteiger partial charge >= 0.3 is 0 Å². The van der Waals surface area contributed by atoms with Gasteiger partial charge in [-0.2, -0.15) is 0 Å². The van der Waals surface area contributed by atoms with Crippen molar-refractivity contribution in [2.75, 3.05) is 6.61 Å². The third kappa shape index (κ3) is 1.01. The monoisotopic (exact) mass is 143 g/mol. The zero-order valence-electron chi connectivity index (χ0n) is 6.22. The Morgan fingerprint density at radius 2 is 2.30 bits per heavy atom. The largest absolute Gasteiger partial charge is 0.367 e. The summed E-state index contributed by atoms with van der Waals surface area (Å²) in [7, 11) is 0. The molecule has 58 valence electrons. The lowest BCUT2D eigenvalue weighted by atomic mass is 9.79. The van der Waals surface area contributed by atoms with E-state index in [2.05, 4.69) is 0 Å². The van der Waals surface area contributed by atoms with E-state index in [4.69, 9.17) is 10.5 Å². The Bertz CT molecular complexity index is 141. The highest BCUT2D eigenvalue weighted by atomic mass is 16.5. The van der Waals surface area contributed by atoms with Crippen molar-refractivity contribution < 1.29 is 9.53 Å². The molecule has 1 amide bonds. The molecule has 0 aromatic heterocycles. The topological polar surface area (TPSA) is 52.3 Å². The molecule has 0 aromatic rings. The van der Waals surface area contributed by atoms with Crippen LogP contribution in [0.4, 0.5) is 0 Å². The molecular formula is C7H13NO2. The van der Waals surface area contributed by atoms with Crippen molar-refractivity contribution >= 4 is 5.91 Å². The van der Waals surface area contributed by atoms with E-state index in [9.17, 15) is 4.79 Å². The summed E-state index contributed by atoms with van der Waals surface area (Å²) in [5, 5.41) is 0. The SMILES string of the molecule is CCOC1(C(N)=O)CCC1. The summed E-state index contributed by atoms with van der Waals surface area (Å²) in [6.07, 6.45) is 2.66. The highest BCUT2D eigenvalue weighted by Crippen LogP contribution is 2.34. The average Bonchev–Trinajstić information content (AvgIpc) is 1.77.